The highest BCUT2D eigenvalue weighted by Crippen LogP contribution is 2.19. The molecule has 1 unspecified atom stereocenters. The van der Waals surface area contributed by atoms with Gasteiger partial charge in [0.25, 0.3) is 5.91 Å². The molecule has 1 aliphatic rings. The third-order valence-electron chi connectivity index (χ3n) is 3.99. The lowest BCUT2D eigenvalue weighted by Crippen LogP contribution is -2.25. The summed E-state index contributed by atoms with van der Waals surface area (Å²) in [6, 6.07) is 5.58. The maximum atomic E-state index is 13.1. The van der Waals surface area contributed by atoms with Crippen LogP contribution in [0.1, 0.15) is 16.8 Å². The van der Waals surface area contributed by atoms with Crippen LogP contribution < -0.4 is 11.2 Å². The van der Waals surface area contributed by atoms with E-state index in [0.29, 0.717) is 30.2 Å². The van der Waals surface area contributed by atoms with E-state index in [4.69, 9.17) is 10.5 Å². The van der Waals surface area contributed by atoms with Crippen LogP contribution in [0.4, 0.5) is 4.39 Å². The first kappa shape index (κ1) is 15.4. The molecule has 23 heavy (non-hydrogen) atoms. The zero-order chi connectivity index (χ0) is 16.4. The average Bonchev–Trinajstić information content (AvgIpc) is 3.02. The zero-order valence-corrected chi connectivity index (χ0v) is 12.5. The Labute approximate surface area is 132 Å². The molecule has 6 heteroatoms. The van der Waals surface area contributed by atoms with Gasteiger partial charge in [0.05, 0.1) is 6.61 Å². The van der Waals surface area contributed by atoms with Crippen LogP contribution in [-0.2, 0) is 11.3 Å². The molecule has 2 heterocycles. The number of rotatable bonds is 4. The van der Waals surface area contributed by atoms with E-state index in [1.807, 2.05) is 0 Å². The van der Waals surface area contributed by atoms with Crippen molar-refractivity contribution in [3.05, 3.63) is 58.3 Å². The molecule has 0 bridgehead atoms. The van der Waals surface area contributed by atoms with Gasteiger partial charge in [-0.25, -0.2) is 4.39 Å². The molecule has 0 radical (unpaired) electrons. The third-order valence-corrected chi connectivity index (χ3v) is 3.99. The summed E-state index contributed by atoms with van der Waals surface area (Å²) in [6.45, 7) is 2.01. The summed E-state index contributed by atoms with van der Waals surface area (Å²) in [7, 11) is 0. The van der Waals surface area contributed by atoms with Gasteiger partial charge in [0, 0.05) is 37.0 Å². The van der Waals surface area contributed by atoms with Gasteiger partial charge in [-0.3, -0.25) is 9.59 Å². The summed E-state index contributed by atoms with van der Waals surface area (Å²) < 4.78 is 20.2. The second-order valence-electron chi connectivity index (χ2n) is 5.71. The minimum Gasteiger partial charge on any atom is -0.381 e. The van der Waals surface area contributed by atoms with Crippen molar-refractivity contribution in [2.75, 3.05) is 13.2 Å². The number of ether oxygens (including phenoxy) is 1. The Morgan fingerprint density at radius 1 is 1.30 bits per heavy atom. The lowest BCUT2D eigenvalue weighted by molar-refractivity contribution is 0.0998. The van der Waals surface area contributed by atoms with Gasteiger partial charge < -0.3 is 15.0 Å². The SMILES string of the molecule is NC(=O)c1cn(CC2CCOC2)cc(-c2ccc(F)cc2)c1=O. The number of amides is 1. The van der Waals surface area contributed by atoms with Gasteiger partial charge in [0.2, 0.25) is 5.43 Å². The number of nitrogens with zero attached hydrogens (tertiary/aromatic N) is 1. The van der Waals surface area contributed by atoms with Crippen molar-refractivity contribution in [3.63, 3.8) is 0 Å². The van der Waals surface area contributed by atoms with Crippen molar-refractivity contribution in [2.24, 2.45) is 11.7 Å². The molecule has 1 atom stereocenters. The highest BCUT2D eigenvalue weighted by molar-refractivity contribution is 5.93. The fourth-order valence-corrected chi connectivity index (χ4v) is 2.77. The number of carbonyl (C=O) groups excluding carboxylic acids is 1. The van der Waals surface area contributed by atoms with E-state index in [1.54, 1.807) is 10.8 Å². The van der Waals surface area contributed by atoms with E-state index in [-0.39, 0.29) is 11.4 Å². The van der Waals surface area contributed by atoms with Crippen molar-refractivity contribution in [1.82, 2.24) is 4.57 Å². The number of nitrogens with two attached hydrogens (primary N) is 1. The van der Waals surface area contributed by atoms with Crippen LogP contribution in [0.5, 0.6) is 0 Å². The maximum Gasteiger partial charge on any atom is 0.254 e. The number of hydrogen-bond acceptors (Lipinski definition) is 3. The summed E-state index contributed by atoms with van der Waals surface area (Å²) in [6.07, 6.45) is 4.10. The lowest BCUT2D eigenvalue weighted by Gasteiger charge is -2.14. The van der Waals surface area contributed by atoms with Crippen LogP contribution in [0.15, 0.2) is 41.5 Å². The quantitative estimate of drug-likeness (QED) is 0.934. The van der Waals surface area contributed by atoms with Gasteiger partial charge in [-0.2, -0.15) is 0 Å². The number of carbonyl (C=O) groups is 1. The van der Waals surface area contributed by atoms with Crippen LogP contribution in [-0.4, -0.2) is 23.7 Å². The molecule has 0 spiro atoms. The van der Waals surface area contributed by atoms with Gasteiger partial charge in [-0.1, -0.05) is 12.1 Å². The summed E-state index contributed by atoms with van der Waals surface area (Å²) >= 11 is 0. The molecule has 1 aromatic carbocycles. The maximum absolute atomic E-state index is 13.1. The molecule has 2 aromatic rings. The monoisotopic (exact) mass is 316 g/mol. The van der Waals surface area contributed by atoms with Gasteiger partial charge in [-0.05, 0) is 24.1 Å². The molecule has 2 N–H and O–H groups in total. The standard InChI is InChI=1S/C17H17FN2O3/c18-13-3-1-12(2-4-13)14-8-20(7-11-5-6-23-10-11)9-15(16(14)21)17(19)22/h1-4,8-9,11H,5-7,10H2,(H2,19,22). The Balaban J connectivity index is 2.05. The minimum absolute atomic E-state index is 0.0641. The van der Waals surface area contributed by atoms with E-state index >= 15 is 0 Å². The number of halogens is 1. The normalized spacial score (nSPS) is 17.3. The summed E-state index contributed by atoms with van der Waals surface area (Å²) in [4.78, 5) is 24.0. The van der Waals surface area contributed by atoms with Crippen LogP contribution in [0, 0.1) is 11.7 Å². The number of primary amides is 1. The second kappa shape index (κ2) is 6.34. The van der Waals surface area contributed by atoms with Crippen molar-refractivity contribution in [1.29, 1.82) is 0 Å². The molecule has 1 aromatic heterocycles. The van der Waals surface area contributed by atoms with Crippen LogP contribution in [0.3, 0.4) is 0 Å². The topological polar surface area (TPSA) is 74.3 Å². The molecular weight excluding hydrogens is 299 g/mol. The van der Waals surface area contributed by atoms with E-state index in [1.165, 1.54) is 30.5 Å². The van der Waals surface area contributed by atoms with Crippen molar-refractivity contribution in [2.45, 2.75) is 13.0 Å². The Kier molecular flexibility index (Phi) is 4.25. The van der Waals surface area contributed by atoms with E-state index in [2.05, 4.69) is 0 Å². The van der Waals surface area contributed by atoms with Crippen LogP contribution in [0.2, 0.25) is 0 Å². The fourth-order valence-electron chi connectivity index (χ4n) is 2.77. The Morgan fingerprint density at radius 2 is 2.04 bits per heavy atom. The van der Waals surface area contributed by atoms with E-state index < -0.39 is 11.3 Å². The van der Waals surface area contributed by atoms with E-state index in [9.17, 15) is 14.0 Å². The molecule has 3 rings (SSSR count). The molecule has 1 aliphatic heterocycles. The van der Waals surface area contributed by atoms with Crippen molar-refractivity contribution < 1.29 is 13.9 Å². The van der Waals surface area contributed by atoms with E-state index in [0.717, 1.165) is 13.0 Å². The van der Waals surface area contributed by atoms with Gasteiger partial charge >= 0.3 is 0 Å². The molecule has 5 nitrogen and oxygen atoms in total. The first-order valence-electron chi connectivity index (χ1n) is 7.42. The number of aromatic nitrogens is 1. The fraction of sp³-hybridized carbons (Fsp3) is 0.294. The predicted molar refractivity (Wildman–Crippen MR) is 83.5 cm³/mol. The van der Waals surface area contributed by atoms with Gasteiger partial charge in [0.15, 0.2) is 0 Å². The minimum atomic E-state index is -0.768. The number of pyridine rings is 1. The smallest absolute Gasteiger partial charge is 0.254 e. The Hall–Kier alpha value is -2.47. The van der Waals surface area contributed by atoms with Crippen molar-refractivity contribution >= 4 is 5.91 Å². The molecule has 0 aliphatic carbocycles. The number of hydrogen-bond donors (Lipinski definition) is 1. The summed E-state index contributed by atoms with van der Waals surface area (Å²) in [5.74, 6) is -0.821. The molecule has 1 amide bonds. The highest BCUT2D eigenvalue weighted by Gasteiger charge is 2.18. The lowest BCUT2D eigenvalue weighted by atomic mass is 10.0. The predicted octanol–water partition coefficient (Wildman–Crippen LogP) is 1.79. The Bertz CT molecular complexity index is 777. The molecule has 0 saturated carbocycles. The van der Waals surface area contributed by atoms with Crippen molar-refractivity contribution in [3.8, 4) is 11.1 Å². The van der Waals surface area contributed by atoms with Crippen LogP contribution in [0.25, 0.3) is 11.1 Å². The molecule has 120 valence electrons. The zero-order valence-electron chi connectivity index (χ0n) is 12.5. The summed E-state index contributed by atoms with van der Waals surface area (Å²) in [5, 5.41) is 0. The first-order chi connectivity index (χ1) is 11.0. The molecule has 1 saturated heterocycles. The number of benzene rings is 1. The van der Waals surface area contributed by atoms with Crippen LogP contribution >= 0.6 is 0 Å². The first-order valence-corrected chi connectivity index (χ1v) is 7.42. The largest absolute Gasteiger partial charge is 0.381 e. The summed E-state index contributed by atoms with van der Waals surface area (Å²) in [5.41, 5.74) is 5.71. The second-order valence-corrected chi connectivity index (χ2v) is 5.71. The third kappa shape index (κ3) is 3.32. The van der Waals surface area contributed by atoms with Gasteiger partial charge in [0.1, 0.15) is 11.4 Å². The molecule has 1 fully saturated rings. The van der Waals surface area contributed by atoms with Gasteiger partial charge in [-0.15, -0.1) is 0 Å². The Morgan fingerprint density at radius 3 is 2.65 bits per heavy atom. The highest BCUT2D eigenvalue weighted by atomic mass is 19.1. The average molecular weight is 316 g/mol. The molecular formula is C17H17FN2O3.